The first kappa shape index (κ1) is 20.4. The number of rotatable bonds is 2. The third kappa shape index (κ3) is 4.25. The molecule has 0 saturated carbocycles. The Balaban J connectivity index is 0.000000298. The average Bonchev–Trinajstić information content (AvgIpc) is 3.32. The molecule has 2 aromatic rings. The number of oxazole rings is 1. The molecule has 1 amide bonds. The van der Waals surface area contributed by atoms with Crippen molar-refractivity contribution in [1.29, 1.82) is 0 Å². The van der Waals surface area contributed by atoms with Crippen molar-refractivity contribution in [3.05, 3.63) is 46.8 Å². The summed E-state index contributed by atoms with van der Waals surface area (Å²) in [5.74, 6) is -2.57. The van der Waals surface area contributed by atoms with Gasteiger partial charge in [-0.25, -0.2) is 14.6 Å². The topological polar surface area (TPSA) is 121 Å². The van der Waals surface area contributed by atoms with Crippen LogP contribution in [-0.4, -0.2) is 54.7 Å². The maximum absolute atomic E-state index is 12.6. The predicted molar refractivity (Wildman–Crippen MR) is 91.8 cm³/mol. The van der Waals surface area contributed by atoms with Gasteiger partial charge in [0.15, 0.2) is 0 Å². The number of carboxylic acids is 1. The normalized spacial score (nSPS) is 20.7. The number of hydrogen-bond donors (Lipinski definition) is 2. The maximum atomic E-state index is 12.6. The summed E-state index contributed by atoms with van der Waals surface area (Å²) in [6.45, 7) is 0. The number of nitrogens with zero attached hydrogens (tertiary/aromatic N) is 3. The number of nitrogens with one attached hydrogen (secondary N) is 1. The van der Waals surface area contributed by atoms with Crippen molar-refractivity contribution in [3.63, 3.8) is 0 Å². The van der Waals surface area contributed by atoms with Crippen LogP contribution < -0.4 is 5.76 Å². The first-order valence-electron chi connectivity index (χ1n) is 8.57. The number of imidazole rings is 1. The van der Waals surface area contributed by atoms with Crippen LogP contribution in [-0.2, 0) is 11.8 Å². The summed E-state index contributed by atoms with van der Waals surface area (Å²) in [6.07, 6.45) is 4.63. The van der Waals surface area contributed by atoms with Gasteiger partial charge in [-0.15, -0.1) is 0 Å². The van der Waals surface area contributed by atoms with E-state index < -0.39 is 17.9 Å². The molecule has 29 heavy (non-hydrogen) atoms. The van der Waals surface area contributed by atoms with Crippen LogP contribution in [0.4, 0.5) is 13.2 Å². The van der Waals surface area contributed by atoms with E-state index in [-0.39, 0.29) is 23.7 Å². The van der Waals surface area contributed by atoms with E-state index in [0.717, 1.165) is 25.1 Å². The highest BCUT2D eigenvalue weighted by Gasteiger charge is 2.41. The van der Waals surface area contributed by atoms with Gasteiger partial charge in [-0.1, -0.05) is 6.08 Å². The van der Waals surface area contributed by atoms with Crippen LogP contribution in [0.3, 0.4) is 0 Å². The van der Waals surface area contributed by atoms with Gasteiger partial charge in [0.2, 0.25) is 0 Å². The van der Waals surface area contributed by atoms with E-state index in [9.17, 15) is 22.8 Å². The summed E-state index contributed by atoms with van der Waals surface area (Å²) >= 11 is 0. The average molecular weight is 414 g/mol. The first-order chi connectivity index (χ1) is 13.6. The second-order valence-corrected chi connectivity index (χ2v) is 6.63. The molecular weight excluding hydrogens is 397 g/mol. The molecule has 4 heterocycles. The smallest absolute Gasteiger partial charge is 0.475 e. The van der Waals surface area contributed by atoms with Crippen LogP contribution in [0.15, 0.2) is 33.9 Å². The van der Waals surface area contributed by atoms with E-state index >= 15 is 0 Å². The Morgan fingerprint density at radius 3 is 2.52 bits per heavy atom. The molecule has 156 valence electrons. The summed E-state index contributed by atoms with van der Waals surface area (Å²) in [6, 6.07) is 0.198. The number of carboxylic acid groups (broad SMARTS) is 1. The highest BCUT2D eigenvalue weighted by Crippen LogP contribution is 2.38. The summed E-state index contributed by atoms with van der Waals surface area (Å²) in [7, 11) is 1.97. The molecule has 12 heteroatoms. The third-order valence-electron chi connectivity index (χ3n) is 4.73. The number of halogens is 3. The largest absolute Gasteiger partial charge is 0.490 e. The van der Waals surface area contributed by atoms with Gasteiger partial charge >= 0.3 is 17.9 Å². The Bertz CT molecular complexity index is 1000. The Labute approximate surface area is 161 Å². The van der Waals surface area contributed by atoms with E-state index in [1.807, 2.05) is 22.7 Å². The van der Waals surface area contributed by atoms with Crippen LogP contribution in [0.1, 0.15) is 35.6 Å². The number of carbonyl (C=O) groups excluding carboxylic acids is 1. The highest BCUT2D eigenvalue weighted by atomic mass is 19.4. The minimum absolute atomic E-state index is 0.0522. The van der Waals surface area contributed by atoms with Gasteiger partial charge in [0, 0.05) is 25.5 Å². The molecule has 4 rings (SSSR count). The molecule has 0 aromatic carbocycles. The van der Waals surface area contributed by atoms with Crippen molar-refractivity contribution in [3.8, 4) is 0 Å². The Kier molecular flexibility index (Phi) is 5.36. The van der Waals surface area contributed by atoms with Gasteiger partial charge in [0.05, 0.1) is 6.04 Å². The molecule has 0 radical (unpaired) electrons. The highest BCUT2D eigenvalue weighted by molar-refractivity contribution is 5.93. The minimum atomic E-state index is -5.08. The number of hydrogen-bond acceptors (Lipinski definition) is 5. The molecule has 2 aliphatic heterocycles. The maximum Gasteiger partial charge on any atom is 0.490 e. The lowest BCUT2D eigenvalue weighted by atomic mass is 10.00. The SMILES string of the molecule is Cn1ccnc1C1=CC2CCC(C1)N2C(=O)c1coc(=O)[nH]1.O=C(O)C(F)(F)F. The van der Waals surface area contributed by atoms with E-state index in [1.54, 1.807) is 6.20 Å². The molecule has 0 spiro atoms. The van der Waals surface area contributed by atoms with E-state index in [1.165, 1.54) is 11.8 Å². The van der Waals surface area contributed by atoms with Crippen molar-refractivity contribution >= 4 is 17.4 Å². The van der Waals surface area contributed by atoms with Gasteiger partial charge in [-0.2, -0.15) is 13.2 Å². The summed E-state index contributed by atoms with van der Waals surface area (Å²) in [5, 5.41) is 7.12. The van der Waals surface area contributed by atoms with Crippen LogP contribution >= 0.6 is 0 Å². The molecule has 1 fully saturated rings. The van der Waals surface area contributed by atoms with Gasteiger partial charge in [0.1, 0.15) is 17.8 Å². The van der Waals surface area contributed by atoms with Crippen LogP contribution in [0.5, 0.6) is 0 Å². The van der Waals surface area contributed by atoms with Crippen molar-refractivity contribution in [2.24, 2.45) is 7.05 Å². The number of carbonyl (C=O) groups is 2. The fourth-order valence-electron chi connectivity index (χ4n) is 3.51. The second kappa shape index (κ2) is 7.60. The van der Waals surface area contributed by atoms with Crippen molar-refractivity contribution in [2.75, 3.05) is 0 Å². The number of aromatic amines is 1. The summed E-state index contributed by atoms with van der Waals surface area (Å²) in [4.78, 5) is 41.3. The standard InChI is InChI=1S/C15H16N4O3.C2HF3O2/c1-18-5-4-16-13(18)9-6-10-2-3-11(7-9)19(10)14(20)12-8-22-15(21)17-12;3-2(4,5)1(6)7/h4-6,8,10-11H,2-3,7H2,1H3,(H,17,21);(H,6,7). The summed E-state index contributed by atoms with van der Waals surface area (Å²) in [5.41, 5.74) is 1.40. The number of amides is 1. The Morgan fingerprint density at radius 2 is 2.03 bits per heavy atom. The van der Waals surface area contributed by atoms with Crippen LogP contribution in [0.2, 0.25) is 0 Å². The fourth-order valence-corrected chi connectivity index (χ4v) is 3.51. The first-order valence-corrected chi connectivity index (χ1v) is 8.57. The molecule has 0 aliphatic carbocycles. The van der Waals surface area contributed by atoms with Crippen molar-refractivity contribution < 1.29 is 32.3 Å². The van der Waals surface area contributed by atoms with Gasteiger partial charge in [-0.05, 0) is 24.8 Å². The molecule has 2 N–H and O–H groups in total. The number of aryl methyl sites for hydroxylation is 1. The van der Waals surface area contributed by atoms with E-state index in [0.29, 0.717) is 0 Å². The number of alkyl halides is 3. The van der Waals surface area contributed by atoms with Crippen LogP contribution in [0, 0.1) is 0 Å². The van der Waals surface area contributed by atoms with Crippen molar-refractivity contribution in [1.82, 2.24) is 19.4 Å². The molecule has 1 saturated heterocycles. The number of aromatic nitrogens is 3. The molecule has 2 bridgehead atoms. The predicted octanol–water partition coefficient (Wildman–Crippen LogP) is 1.80. The zero-order chi connectivity index (χ0) is 21.3. The van der Waals surface area contributed by atoms with Gasteiger partial charge in [-0.3, -0.25) is 9.78 Å². The number of fused-ring (bicyclic) bond motifs is 2. The summed E-state index contributed by atoms with van der Waals surface area (Å²) < 4.78 is 38.4. The van der Waals surface area contributed by atoms with Crippen LogP contribution in [0.25, 0.3) is 5.57 Å². The minimum Gasteiger partial charge on any atom is -0.475 e. The molecular formula is C17H17F3N4O5. The zero-order valence-corrected chi connectivity index (χ0v) is 15.1. The molecule has 2 aromatic heterocycles. The lowest BCUT2D eigenvalue weighted by Gasteiger charge is -2.33. The Morgan fingerprint density at radius 1 is 1.34 bits per heavy atom. The van der Waals surface area contributed by atoms with Gasteiger partial charge < -0.3 is 19.0 Å². The van der Waals surface area contributed by atoms with Gasteiger partial charge in [0.25, 0.3) is 5.91 Å². The van der Waals surface area contributed by atoms with E-state index in [2.05, 4.69) is 20.5 Å². The lowest BCUT2D eigenvalue weighted by Crippen LogP contribution is -2.43. The zero-order valence-electron chi connectivity index (χ0n) is 15.1. The number of aliphatic carboxylic acids is 1. The third-order valence-corrected chi connectivity index (χ3v) is 4.73. The fraction of sp³-hybridized carbons (Fsp3) is 0.412. The lowest BCUT2D eigenvalue weighted by molar-refractivity contribution is -0.192. The van der Waals surface area contributed by atoms with Crippen molar-refractivity contribution in [2.45, 2.75) is 37.5 Å². The number of H-pyrrole nitrogens is 1. The molecule has 2 aliphatic rings. The molecule has 2 unspecified atom stereocenters. The monoisotopic (exact) mass is 414 g/mol. The molecule has 2 atom stereocenters. The Hall–Kier alpha value is -3.31. The van der Waals surface area contributed by atoms with E-state index in [4.69, 9.17) is 9.90 Å². The quantitative estimate of drug-likeness (QED) is 0.773. The molecule has 9 nitrogen and oxygen atoms in total. The second-order valence-electron chi connectivity index (χ2n) is 6.63.